The highest BCUT2D eigenvalue weighted by atomic mass is 16.2. The number of piperazine rings is 1. The number of hydrogen-bond donors (Lipinski definition) is 1. The van der Waals surface area contributed by atoms with E-state index in [1.54, 1.807) is 0 Å². The van der Waals surface area contributed by atoms with E-state index in [0.717, 1.165) is 36.5 Å². The van der Waals surface area contributed by atoms with Crippen LogP contribution in [0.3, 0.4) is 0 Å². The molecule has 4 rings (SSSR count). The first-order valence-electron chi connectivity index (χ1n) is 10.3. The zero-order valence-corrected chi connectivity index (χ0v) is 17.3. The molecule has 152 valence electrons. The van der Waals surface area contributed by atoms with Crippen molar-refractivity contribution in [1.29, 1.82) is 0 Å². The molecule has 2 aromatic rings. The van der Waals surface area contributed by atoms with E-state index in [1.807, 2.05) is 49.2 Å². The average Bonchev–Trinajstić information content (AvgIpc) is 3.06. The number of rotatable bonds is 3. The van der Waals surface area contributed by atoms with Gasteiger partial charge in [0.1, 0.15) is 5.82 Å². The summed E-state index contributed by atoms with van der Waals surface area (Å²) >= 11 is 0. The molecular formula is C23H28N4O2. The monoisotopic (exact) mass is 392 g/mol. The van der Waals surface area contributed by atoms with Crippen LogP contribution in [0, 0.1) is 13.8 Å². The summed E-state index contributed by atoms with van der Waals surface area (Å²) in [6.07, 6.45) is 2.70. The molecule has 2 amide bonds. The van der Waals surface area contributed by atoms with Gasteiger partial charge in [0.05, 0.1) is 5.92 Å². The fourth-order valence-corrected chi connectivity index (χ4v) is 4.35. The SMILES string of the molecule is Cc1cnc(N2CCN(C(=O)c3ccc([C@H]4CC(C)NC4=O)cc3)CC2)c(C)c1. The van der Waals surface area contributed by atoms with E-state index >= 15 is 0 Å². The molecule has 6 nitrogen and oxygen atoms in total. The van der Waals surface area contributed by atoms with Gasteiger partial charge in [-0.3, -0.25) is 9.59 Å². The predicted molar refractivity (Wildman–Crippen MR) is 113 cm³/mol. The molecule has 0 saturated carbocycles. The van der Waals surface area contributed by atoms with Gasteiger partial charge >= 0.3 is 0 Å². The number of nitrogens with one attached hydrogen (secondary N) is 1. The maximum Gasteiger partial charge on any atom is 0.253 e. The fourth-order valence-electron chi connectivity index (χ4n) is 4.35. The summed E-state index contributed by atoms with van der Waals surface area (Å²) in [4.78, 5) is 33.7. The molecule has 0 aliphatic carbocycles. The summed E-state index contributed by atoms with van der Waals surface area (Å²) in [7, 11) is 0. The number of hydrogen-bond acceptors (Lipinski definition) is 4. The summed E-state index contributed by atoms with van der Waals surface area (Å²) < 4.78 is 0. The van der Waals surface area contributed by atoms with Crippen LogP contribution in [0.4, 0.5) is 5.82 Å². The largest absolute Gasteiger partial charge is 0.353 e. The van der Waals surface area contributed by atoms with Crippen molar-refractivity contribution in [2.75, 3.05) is 31.1 Å². The average molecular weight is 393 g/mol. The molecule has 0 bridgehead atoms. The van der Waals surface area contributed by atoms with E-state index in [-0.39, 0.29) is 23.8 Å². The van der Waals surface area contributed by atoms with Crippen molar-refractivity contribution in [1.82, 2.24) is 15.2 Å². The molecule has 3 heterocycles. The highest BCUT2D eigenvalue weighted by Crippen LogP contribution is 2.27. The van der Waals surface area contributed by atoms with E-state index in [2.05, 4.69) is 28.2 Å². The number of carbonyl (C=O) groups excluding carboxylic acids is 2. The van der Waals surface area contributed by atoms with Gasteiger partial charge in [0.25, 0.3) is 5.91 Å². The van der Waals surface area contributed by atoms with Crippen LogP contribution in [0.2, 0.25) is 0 Å². The van der Waals surface area contributed by atoms with Crippen molar-refractivity contribution in [2.24, 2.45) is 0 Å². The third-order valence-corrected chi connectivity index (χ3v) is 5.91. The van der Waals surface area contributed by atoms with Gasteiger partial charge in [0.2, 0.25) is 5.91 Å². The van der Waals surface area contributed by atoms with Crippen molar-refractivity contribution >= 4 is 17.6 Å². The number of amides is 2. The minimum absolute atomic E-state index is 0.0500. The highest BCUT2D eigenvalue weighted by Gasteiger charge is 2.31. The molecule has 2 saturated heterocycles. The van der Waals surface area contributed by atoms with Gasteiger partial charge in [-0.05, 0) is 56.0 Å². The Labute approximate surface area is 171 Å². The second-order valence-corrected chi connectivity index (χ2v) is 8.25. The molecular weight excluding hydrogens is 364 g/mol. The summed E-state index contributed by atoms with van der Waals surface area (Å²) in [5.74, 6) is 1.03. The maximum absolute atomic E-state index is 12.9. The molecule has 6 heteroatoms. The Kier molecular flexibility index (Phi) is 5.26. The quantitative estimate of drug-likeness (QED) is 0.872. The standard InChI is InChI=1S/C23H28N4O2/c1-15-12-16(2)21(24-14-15)26-8-10-27(11-9-26)23(29)19-6-4-18(5-7-19)20-13-17(3)25-22(20)28/h4-7,12,14,17,20H,8-11,13H2,1-3H3,(H,25,28)/t17?,20-/m1/s1. The summed E-state index contributed by atoms with van der Waals surface area (Å²) in [6, 6.07) is 9.90. The maximum atomic E-state index is 12.9. The van der Waals surface area contributed by atoms with Crippen LogP contribution in [0.5, 0.6) is 0 Å². The lowest BCUT2D eigenvalue weighted by Crippen LogP contribution is -2.49. The summed E-state index contributed by atoms with van der Waals surface area (Å²) in [5.41, 5.74) is 3.99. The molecule has 1 N–H and O–H groups in total. The number of nitrogens with zero attached hydrogens (tertiary/aromatic N) is 3. The van der Waals surface area contributed by atoms with Crippen molar-refractivity contribution in [3.05, 3.63) is 58.8 Å². The molecule has 1 unspecified atom stereocenters. The van der Waals surface area contributed by atoms with Gasteiger partial charge in [0.15, 0.2) is 0 Å². The van der Waals surface area contributed by atoms with Crippen molar-refractivity contribution in [2.45, 2.75) is 39.2 Å². The summed E-state index contributed by atoms with van der Waals surface area (Å²) in [5, 5.41) is 2.96. The van der Waals surface area contributed by atoms with Gasteiger partial charge in [-0.2, -0.15) is 0 Å². The number of aryl methyl sites for hydroxylation is 2. The van der Waals surface area contributed by atoms with Crippen LogP contribution in [0.25, 0.3) is 0 Å². The molecule has 1 aromatic carbocycles. The number of anilines is 1. The van der Waals surface area contributed by atoms with E-state index in [0.29, 0.717) is 18.7 Å². The van der Waals surface area contributed by atoms with Gasteiger partial charge in [0, 0.05) is 44.0 Å². The second-order valence-electron chi connectivity index (χ2n) is 8.25. The number of benzene rings is 1. The Morgan fingerprint density at radius 2 is 1.79 bits per heavy atom. The van der Waals surface area contributed by atoms with Crippen LogP contribution < -0.4 is 10.2 Å². The van der Waals surface area contributed by atoms with E-state index in [9.17, 15) is 9.59 Å². The minimum atomic E-state index is -0.108. The third-order valence-electron chi connectivity index (χ3n) is 5.91. The Hall–Kier alpha value is -2.89. The predicted octanol–water partition coefficient (Wildman–Crippen LogP) is 2.65. The van der Waals surface area contributed by atoms with Crippen molar-refractivity contribution in [3.63, 3.8) is 0 Å². The Morgan fingerprint density at radius 3 is 2.38 bits per heavy atom. The zero-order valence-electron chi connectivity index (χ0n) is 17.3. The number of aromatic nitrogens is 1. The lowest BCUT2D eigenvalue weighted by molar-refractivity contribution is -0.120. The normalized spacial score (nSPS) is 22.0. The lowest BCUT2D eigenvalue weighted by Gasteiger charge is -2.36. The van der Waals surface area contributed by atoms with E-state index in [1.165, 1.54) is 5.56 Å². The second kappa shape index (κ2) is 7.85. The first kappa shape index (κ1) is 19.4. The summed E-state index contributed by atoms with van der Waals surface area (Å²) in [6.45, 7) is 9.06. The van der Waals surface area contributed by atoms with Crippen molar-refractivity contribution in [3.8, 4) is 0 Å². The minimum Gasteiger partial charge on any atom is -0.353 e. The molecule has 0 radical (unpaired) electrons. The molecule has 2 aliphatic heterocycles. The Balaban J connectivity index is 1.39. The van der Waals surface area contributed by atoms with Gasteiger partial charge in [-0.1, -0.05) is 18.2 Å². The third kappa shape index (κ3) is 3.97. The Morgan fingerprint density at radius 1 is 1.10 bits per heavy atom. The van der Waals surface area contributed by atoms with Crippen molar-refractivity contribution < 1.29 is 9.59 Å². The van der Waals surface area contributed by atoms with Crippen LogP contribution in [-0.2, 0) is 4.79 Å². The molecule has 0 spiro atoms. The first-order valence-corrected chi connectivity index (χ1v) is 10.3. The molecule has 2 fully saturated rings. The van der Waals surface area contributed by atoms with Gasteiger partial charge in [-0.25, -0.2) is 4.98 Å². The first-order chi connectivity index (χ1) is 13.9. The smallest absolute Gasteiger partial charge is 0.253 e. The zero-order chi connectivity index (χ0) is 20.5. The lowest BCUT2D eigenvalue weighted by atomic mass is 9.95. The van der Waals surface area contributed by atoms with Crippen LogP contribution >= 0.6 is 0 Å². The van der Waals surface area contributed by atoms with Crippen LogP contribution in [0.1, 0.15) is 46.3 Å². The number of carbonyl (C=O) groups is 2. The Bertz CT molecular complexity index is 917. The van der Waals surface area contributed by atoms with Crippen LogP contribution in [0.15, 0.2) is 36.5 Å². The molecule has 2 atom stereocenters. The van der Waals surface area contributed by atoms with Crippen LogP contribution in [-0.4, -0.2) is 53.9 Å². The topological polar surface area (TPSA) is 65.5 Å². The van der Waals surface area contributed by atoms with E-state index < -0.39 is 0 Å². The fraction of sp³-hybridized carbons (Fsp3) is 0.435. The molecule has 29 heavy (non-hydrogen) atoms. The number of pyridine rings is 1. The van der Waals surface area contributed by atoms with Gasteiger partial charge in [-0.15, -0.1) is 0 Å². The molecule has 2 aliphatic rings. The van der Waals surface area contributed by atoms with Gasteiger partial charge < -0.3 is 15.1 Å². The van der Waals surface area contributed by atoms with E-state index in [4.69, 9.17) is 0 Å². The highest BCUT2D eigenvalue weighted by molar-refractivity contribution is 5.94. The molecule has 1 aromatic heterocycles.